The summed E-state index contributed by atoms with van der Waals surface area (Å²) in [5.41, 5.74) is 3.91. The van der Waals surface area contributed by atoms with Gasteiger partial charge in [0.2, 0.25) is 0 Å². The van der Waals surface area contributed by atoms with Crippen LogP contribution in [-0.2, 0) is 13.0 Å². The van der Waals surface area contributed by atoms with Crippen molar-refractivity contribution in [3.8, 4) is 0 Å². The first-order chi connectivity index (χ1) is 9.13. The van der Waals surface area contributed by atoms with Crippen LogP contribution in [0, 0.1) is 0 Å². The van der Waals surface area contributed by atoms with Gasteiger partial charge in [-0.15, -0.1) is 11.3 Å². The van der Waals surface area contributed by atoms with Crippen molar-refractivity contribution >= 4 is 38.9 Å². The van der Waals surface area contributed by atoms with Gasteiger partial charge in [0.05, 0.1) is 9.35 Å². The zero-order valence-electron chi connectivity index (χ0n) is 10.1. The molecule has 2 heterocycles. The van der Waals surface area contributed by atoms with Gasteiger partial charge in [0, 0.05) is 18.8 Å². The Morgan fingerprint density at radius 1 is 1.42 bits per heavy atom. The molecule has 1 aromatic carbocycles. The zero-order valence-corrected chi connectivity index (χ0v) is 12.5. The lowest BCUT2D eigenvalue weighted by atomic mass is 10.1. The third kappa shape index (κ3) is 2.53. The highest BCUT2D eigenvalue weighted by atomic mass is 79.9. The number of hydrogen-bond acceptors (Lipinski definition) is 3. The predicted molar refractivity (Wildman–Crippen MR) is 80.2 cm³/mol. The molecule has 0 bridgehead atoms. The normalized spacial score (nSPS) is 13.6. The lowest BCUT2D eigenvalue weighted by molar-refractivity contribution is 0.0697. The highest BCUT2D eigenvalue weighted by molar-refractivity contribution is 9.11. The van der Waals surface area contributed by atoms with E-state index in [-0.39, 0.29) is 0 Å². The van der Waals surface area contributed by atoms with Crippen LogP contribution in [0.3, 0.4) is 0 Å². The van der Waals surface area contributed by atoms with Gasteiger partial charge in [0.1, 0.15) is 0 Å². The van der Waals surface area contributed by atoms with Crippen LogP contribution in [-0.4, -0.2) is 17.6 Å². The summed E-state index contributed by atoms with van der Waals surface area (Å²) in [6.45, 7) is 1.78. The van der Waals surface area contributed by atoms with Crippen molar-refractivity contribution in [3.05, 3.63) is 50.1 Å². The molecule has 5 heteroatoms. The first kappa shape index (κ1) is 12.7. The summed E-state index contributed by atoms with van der Waals surface area (Å²) in [5, 5.41) is 11.2. The van der Waals surface area contributed by atoms with E-state index >= 15 is 0 Å². The number of benzene rings is 1. The Bertz CT molecular complexity index is 638. The maximum Gasteiger partial charge on any atom is 0.335 e. The Labute approximate surface area is 123 Å². The van der Waals surface area contributed by atoms with E-state index in [2.05, 4.69) is 32.3 Å². The summed E-state index contributed by atoms with van der Waals surface area (Å²) in [4.78, 5) is 13.3. The first-order valence-corrected chi connectivity index (χ1v) is 7.65. The second kappa shape index (κ2) is 4.98. The number of rotatable bonds is 3. The molecule has 0 amide bonds. The molecule has 0 atom stereocenters. The summed E-state index contributed by atoms with van der Waals surface area (Å²) in [7, 11) is 0. The average Bonchev–Trinajstić information content (AvgIpc) is 2.96. The molecule has 0 saturated carbocycles. The van der Waals surface area contributed by atoms with Gasteiger partial charge < -0.3 is 10.0 Å². The molecule has 2 aromatic rings. The highest BCUT2D eigenvalue weighted by Crippen LogP contribution is 2.31. The monoisotopic (exact) mass is 337 g/mol. The highest BCUT2D eigenvalue weighted by Gasteiger charge is 2.20. The quantitative estimate of drug-likeness (QED) is 0.926. The average molecular weight is 338 g/mol. The third-order valence-corrected chi connectivity index (χ3v) is 4.87. The summed E-state index contributed by atoms with van der Waals surface area (Å²) in [6.07, 6.45) is 0.987. The van der Waals surface area contributed by atoms with Gasteiger partial charge in [-0.3, -0.25) is 0 Å². The predicted octanol–water partition coefficient (Wildman–Crippen LogP) is 3.77. The molecule has 0 radical (unpaired) electrons. The van der Waals surface area contributed by atoms with Crippen molar-refractivity contribution in [1.29, 1.82) is 0 Å². The molecule has 0 fully saturated rings. The molecule has 1 aliphatic rings. The molecule has 0 aliphatic carbocycles. The molecular weight excluding hydrogens is 326 g/mol. The van der Waals surface area contributed by atoms with Crippen molar-refractivity contribution in [2.45, 2.75) is 13.0 Å². The van der Waals surface area contributed by atoms with Crippen molar-refractivity contribution in [2.24, 2.45) is 0 Å². The summed E-state index contributed by atoms with van der Waals surface area (Å²) >= 11 is 5.14. The van der Waals surface area contributed by atoms with Crippen LogP contribution < -0.4 is 4.90 Å². The molecule has 19 heavy (non-hydrogen) atoms. The SMILES string of the molecule is O=C(O)c1ccc2c(c1)N(Cc1csc(Br)c1)CC2. The molecule has 1 aliphatic heterocycles. The minimum Gasteiger partial charge on any atom is -0.478 e. The van der Waals surface area contributed by atoms with Gasteiger partial charge in [0.25, 0.3) is 0 Å². The van der Waals surface area contributed by atoms with Crippen LogP contribution in [0.4, 0.5) is 5.69 Å². The number of nitrogens with zero attached hydrogens (tertiary/aromatic N) is 1. The molecule has 0 saturated heterocycles. The van der Waals surface area contributed by atoms with Gasteiger partial charge in [-0.05, 0) is 57.1 Å². The molecule has 3 nitrogen and oxygen atoms in total. The van der Waals surface area contributed by atoms with E-state index in [0.29, 0.717) is 5.56 Å². The van der Waals surface area contributed by atoms with Gasteiger partial charge in [-0.25, -0.2) is 4.79 Å². The van der Waals surface area contributed by atoms with E-state index in [1.165, 1.54) is 11.1 Å². The number of halogens is 1. The molecule has 98 valence electrons. The molecule has 0 unspecified atom stereocenters. The first-order valence-electron chi connectivity index (χ1n) is 5.97. The Morgan fingerprint density at radius 3 is 2.95 bits per heavy atom. The lowest BCUT2D eigenvalue weighted by Gasteiger charge is -2.19. The summed E-state index contributed by atoms with van der Waals surface area (Å²) in [5.74, 6) is -0.868. The minimum absolute atomic E-state index is 0.358. The fourth-order valence-corrected chi connectivity index (χ4v) is 3.59. The van der Waals surface area contributed by atoms with Gasteiger partial charge in [-0.1, -0.05) is 6.07 Å². The van der Waals surface area contributed by atoms with Crippen molar-refractivity contribution in [1.82, 2.24) is 0 Å². The number of thiophene rings is 1. The fraction of sp³-hybridized carbons (Fsp3) is 0.214. The molecular formula is C14H12BrNO2S. The molecule has 1 N–H and O–H groups in total. The zero-order chi connectivity index (χ0) is 13.4. The molecule has 0 spiro atoms. The van der Waals surface area contributed by atoms with Crippen molar-refractivity contribution in [2.75, 3.05) is 11.4 Å². The second-order valence-corrected chi connectivity index (χ2v) is 6.87. The molecule has 3 rings (SSSR count). The smallest absolute Gasteiger partial charge is 0.335 e. The fourth-order valence-electron chi connectivity index (χ4n) is 2.39. The second-order valence-electron chi connectivity index (χ2n) is 4.58. The molecule has 1 aromatic heterocycles. The van der Waals surface area contributed by atoms with Gasteiger partial charge in [-0.2, -0.15) is 0 Å². The number of carboxylic acids is 1. The number of carboxylic acid groups (broad SMARTS) is 1. The topological polar surface area (TPSA) is 40.5 Å². The van der Waals surface area contributed by atoms with Crippen LogP contribution >= 0.6 is 27.3 Å². The third-order valence-electron chi connectivity index (χ3n) is 3.32. The van der Waals surface area contributed by atoms with E-state index in [1.54, 1.807) is 23.5 Å². The van der Waals surface area contributed by atoms with Crippen LogP contribution in [0.5, 0.6) is 0 Å². The Kier molecular flexibility index (Phi) is 3.33. The van der Waals surface area contributed by atoms with Gasteiger partial charge >= 0.3 is 5.97 Å². The Balaban J connectivity index is 1.88. The van der Waals surface area contributed by atoms with E-state index in [9.17, 15) is 4.79 Å². The summed E-state index contributed by atoms with van der Waals surface area (Å²) < 4.78 is 1.13. The lowest BCUT2D eigenvalue weighted by Crippen LogP contribution is -2.19. The van der Waals surface area contributed by atoms with E-state index in [0.717, 1.165) is 29.0 Å². The number of aromatic carboxylic acids is 1. The number of anilines is 1. The minimum atomic E-state index is -0.868. The van der Waals surface area contributed by atoms with E-state index in [4.69, 9.17) is 5.11 Å². The van der Waals surface area contributed by atoms with Crippen LogP contribution in [0.15, 0.2) is 33.4 Å². The van der Waals surface area contributed by atoms with Crippen LogP contribution in [0.25, 0.3) is 0 Å². The Morgan fingerprint density at radius 2 is 2.26 bits per heavy atom. The largest absolute Gasteiger partial charge is 0.478 e. The standard InChI is InChI=1S/C14H12BrNO2S/c15-13-5-9(8-19-13)7-16-4-3-10-1-2-11(14(17)18)6-12(10)16/h1-2,5-6,8H,3-4,7H2,(H,17,18). The van der Waals surface area contributed by atoms with E-state index in [1.807, 2.05) is 6.07 Å². The Hall–Kier alpha value is -1.33. The number of carbonyl (C=O) groups is 1. The maximum absolute atomic E-state index is 11.0. The summed E-state index contributed by atoms with van der Waals surface area (Å²) in [6, 6.07) is 7.52. The number of fused-ring (bicyclic) bond motifs is 1. The van der Waals surface area contributed by atoms with E-state index < -0.39 is 5.97 Å². The number of hydrogen-bond donors (Lipinski definition) is 1. The maximum atomic E-state index is 11.0. The van der Waals surface area contributed by atoms with Crippen molar-refractivity contribution in [3.63, 3.8) is 0 Å². The van der Waals surface area contributed by atoms with Crippen molar-refractivity contribution < 1.29 is 9.90 Å². The van der Waals surface area contributed by atoms with Gasteiger partial charge in [0.15, 0.2) is 0 Å². The van der Waals surface area contributed by atoms with Crippen LogP contribution in [0.1, 0.15) is 21.5 Å². The van der Waals surface area contributed by atoms with Crippen LogP contribution in [0.2, 0.25) is 0 Å².